The van der Waals surface area contributed by atoms with Gasteiger partial charge in [0.25, 0.3) is 0 Å². The maximum Gasteiger partial charge on any atom is 0.176 e. The van der Waals surface area contributed by atoms with Crippen molar-refractivity contribution in [1.82, 2.24) is 0 Å². The number of methoxy groups -OCH3 is 1. The van der Waals surface area contributed by atoms with Gasteiger partial charge in [0.05, 0.1) is 13.4 Å². The van der Waals surface area contributed by atoms with E-state index in [1.807, 2.05) is 18.2 Å². The highest BCUT2D eigenvalue weighted by Gasteiger charge is 2.17. The zero-order valence-electron chi connectivity index (χ0n) is 11.6. The third-order valence-electron chi connectivity index (χ3n) is 3.76. The van der Waals surface area contributed by atoms with E-state index in [9.17, 15) is 4.79 Å². The van der Waals surface area contributed by atoms with E-state index in [4.69, 9.17) is 9.15 Å². The highest BCUT2D eigenvalue weighted by Crippen LogP contribution is 2.40. The van der Waals surface area contributed by atoms with Crippen molar-refractivity contribution >= 4 is 28.0 Å². The molecule has 20 heavy (non-hydrogen) atoms. The van der Waals surface area contributed by atoms with Crippen molar-refractivity contribution in [2.45, 2.75) is 19.8 Å². The summed E-state index contributed by atoms with van der Waals surface area (Å²) in [5.74, 6) is 0.763. The highest BCUT2D eigenvalue weighted by atomic mass is 16.5. The van der Waals surface area contributed by atoms with Crippen LogP contribution in [-0.2, 0) is 11.2 Å². The largest absolute Gasteiger partial charge is 0.492 e. The normalized spacial score (nSPS) is 11.1. The van der Waals surface area contributed by atoms with E-state index in [1.54, 1.807) is 13.4 Å². The van der Waals surface area contributed by atoms with Gasteiger partial charge in [-0.05, 0) is 29.9 Å². The van der Waals surface area contributed by atoms with E-state index in [-0.39, 0.29) is 0 Å². The minimum atomic E-state index is 0.503. The van der Waals surface area contributed by atoms with E-state index in [1.165, 1.54) is 5.56 Å². The van der Waals surface area contributed by atoms with Gasteiger partial charge in [-0.1, -0.05) is 24.3 Å². The number of hydrogen-bond donors (Lipinski definition) is 0. The van der Waals surface area contributed by atoms with Crippen LogP contribution in [0.15, 0.2) is 34.9 Å². The average Bonchev–Trinajstić information content (AvgIpc) is 2.90. The summed E-state index contributed by atoms with van der Waals surface area (Å²) in [5.41, 5.74) is 3.00. The molecule has 3 rings (SSSR count). The molecule has 1 aromatic heterocycles. The lowest BCUT2D eigenvalue weighted by molar-refractivity contribution is -0.107. The van der Waals surface area contributed by atoms with Crippen LogP contribution in [0.3, 0.4) is 0 Å². The third kappa shape index (κ3) is 1.78. The van der Waals surface area contributed by atoms with Crippen molar-refractivity contribution in [3.63, 3.8) is 0 Å². The molecule has 0 aliphatic rings. The van der Waals surface area contributed by atoms with E-state index >= 15 is 0 Å². The number of furan rings is 1. The molecule has 0 aliphatic carbocycles. The van der Waals surface area contributed by atoms with E-state index in [2.05, 4.69) is 13.0 Å². The second kappa shape index (κ2) is 5.00. The number of hydrogen-bond acceptors (Lipinski definition) is 3. The Kier molecular flexibility index (Phi) is 3.18. The molecule has 0 amide bonds. The van der Waals surface area contributed by atoms with Crippen LogP contribution in [0.25, 0.3) is 21.7 Å². The summed E-state index contributed by atoms with van der Waals surface area (Å²) >= 11 is 0. The molecular formula is C17H16O3. The number of fused-ring (bicyclic) bond motifs is 2. The molecule has 0 atom stereocenters. The average molecular weight is 268 g/mol. The van der Waals surface area contributed by atoms with Crippen molar-refractivity contribution in [2.75, 3.05) is 7.11 Å². The molecular weight excluding hydrogens is 252 g/mol. The number of ether oxygens (including phenoxy) is 1. The fourth-order valence-electron chi connectivity index (χ4n) is 2.84. The molecule has 0 N–H and O–H groups in total. The van der Waals surface area contributed by atoms with Crippen LogP contribution >= 0.6 is 0 Å². The Morgan fingerprint density at radius 3 is 2.70 bits per heavy atom. The zero-order chi connectivity index (χ0) is 14.1. The Bertz CT molecular complexity index is 784. The summed E-state index contributed by atoms with van der Waals surface area (Å²) < 4.78 is 11.3. The number of rotatable bonds is 4. The fraction of sp³-hybridized carbons (Fsp3) is 0.235. The highest BCUT2D eigenvalue weighted by molar-refractivity contribution is 6.07. The predicted molar refractivity (Wildman–Crippen MR) is 79.4 cm³/mol. The molecule has 2 aromatic carbocycles. The van der Waals surface area contributed by atoms with Gasteiger partial charge in [0.1, 0.15) is 6.29 Å². The Hall–Kier alpha value is -2.29. The number of aldehydes is 1. The van der Waals surface area contributed by atoms with Crippen LogP contribution in [0.2, 0.25) is 0 Å². The number of benzene rings is 2. The third-order valence-corrected chi connectivity index (χ3v) is 3.76. The summed E-state index contributed by atoms with van der Waals surface area (Å²) in [6.07, 6.45) is 3.87. The number of carbonyl (C=O) groups is 1. The Morgan fingerprint density at radius 2 is 2.00 bits per heavy atom. The number of carbonyl (C=O) groups excluding carboxylic acids is 1. The van der Waals surface area contributed by atoms with Gasteiger partial charge in [-0.15, -0.1) is 0 Å². The minimum absolute atomic E-state index is 0.503. The lowest BCUT2D eigenvalue weighted by atomic mass is 9.97. The van der Waals surface area contributed by atoms with Crippen molar-refractivity contribution < 1.29 is 13.9 Å². The van der Waals surface area contributed by atoms with Crippen LogP contribution in [0.4, 0.5) is 0 Å². The molecule has 102 valence electrons. The lowest BCUT2D eigenvalue weighted by Crippen LogP contribution is -1.91. The summed E-state index contributed by atoms with van der Waals surface area (Å²) in [6, 6.07) is 8.13. The van der Waals surface area contributed by atoms with Gasteiger partial charge in [-0.2, -0.15) is 0 Å². The standard InChI is InChI=1S/C17H16O3/c1-11-13-7-3-4-8-14(13)16(19-2)17-15(11)12(10-20-17)6-5-9-18/h3-4,7-10H,5-6H2,1-2H3. The van der Waals surface area contributed by atoms with Gasteiger partial charge in [0.15, 0.2) is 11.3 Å². The van der Waals surface area contributed by atoms with Crippen LogP contribution in [0.5, 0.6) is 5.75 Å². The molecule has 0 bridgehead atoms. The van der Waals surface area contributed by atoms with Crippen molar-refractivity contribution in [3.05, 3.63) is 41.7 Å². The van der Waals surface area contributed by atoms with Crippen molar-refractivity contribution in [3.8, 4) is 5.75 Å². The Labute approximate surface area is 117 Å². The molecule has 0 unspecified atom stereocenters. The molecule has 1 heterocycles. The monoisotopic (exact) mass is 268 g/mol. The lowest BCUT2D eigenvalue weighted by Gasteiger charge is -2.10. The van der Waals surface area contributed by atoms with Gasteiger partial charge in [-0.25, -0.2) is 0 Å². The van der Waals surface area contributed by atoms with Gasteiger partial charge >= 0.3 is 0 Å². The molecule has 0 spiro atoms. The number of aryl methyl sites for hydroxylation is 2. The molecule has 0 radical (unpaired) electrons. The van der Waals surface area contributed by atoms with Crippen molar-refractivity contribution in [2.24, 2.45) is 0 Å². The van der Waals surface area contributed by atoms with Gasteiger partial charge in [0, 0.05) is 17.2 Å². The van der Waals surface area contributed by atoms with Crippen LogP contribution in [0, 0.1) is 6.92 Å². The zero-order valence-corrected chi connectivity index (χ0v) is 11.6. The Balaban J connectivity index is 2.39. The van der Waals surface area contributed by atoms with E-state index < -0.39 is 0 Å². The molecule has 0 aliphatic heterocycles. The Morgan fingerprint density at radius 1 is 1.25 bits per heavy atom. The second-order valence-electron chi connectivity index (χ2n) is 4.87. The summed E-state index contributed by atoms with van der Waals surface area (Å²) in [6.45, 7) is 2.09. The molecule has 0 saturated carbocycles. The maximum atomic E-state index is 10.6. The van der Waals surface area contributed by atoms with Crippen LogP contribution in [0.1, 0.15) is 17.5 Å². The summed E-state index contributed by atoms with van der Waals surface area (Å²) in [7, 11) is 1.66. The molecule has 0 fully saturated rings. The quantitative estimate of drug-likeness (QED) is 0.670. The summed E-state index contributed by atoms with van der Waals surface area (Å²) in [4.78, 5) is 10.6. The first kappa shape index (κ1) is 12.7. The van der Waals surface area contributed by atoms with E-state index in [0.717, 1.165) is 39.3 Å². The minimum Gasteiger partial charge on any atom is -0.492 e. The SMILES string of the molecule is COc1c2ccccc2c(C)c2c(CCC=O)coc12. The first-order valence-corrected chi connectivity index (χ1v) is 6.67. The molecule has 3 aromatic rings. The van der Waals surface area contributed by atoms with Gasteiger partial charge < -0.3 is 13.9 Å². The van der Waals surface area contributed by atoms with Crippen LogP contribution < -0.4 is 4.74 Å². The first-order chi connectivity index (χ1) is 9.77. The molecule has 3 nitrogen and oxygen atoms in total. The van der Waals surface area contributed by atoms with Gasteiger partial charge in [0.2, 0.25) is 0 Å². The van der Waals surface area contributed by atoms with Crippen LogP contribution in [-0.4, -0.2) is 13.4 Å². The smallest absolute Gasteiger partial charge is 0.176 e. The van der Waals surface area contributed by atoms with E-state index in [0.29, 0.717) is 12.8 Å². The topological polar surface area (TPSA) is 39.4 Å². The first-order valence-electron chi connectivity index (χ1n) is 6.67. The molecule has 0 saturated heterocycles. The predicted octanol–water partition coefficient (Wildman–Crippen LogP) is 4.03. The van der Waals surface area contributed by atoms with Crippen molar-refractivity contribution in [1.29, 1.82) is 0 Å². The fourth-order valence-corrected chi connectivity index (χ4v) is 2.84. The van der Waals surface area contributed by atoms with Gasteiger partial charge in [-0.3, -0.25) is 0 Å². The maximum absolute atomic E-state index is 10.6. The molecule has 3 heteroatoms. The second-order valence-corrected chi connectivity index (χ2v) is 4.87. The summed E-state index contributed by atoms with van der Waals surface area (Å²) in [5, 5.41) is 3.28.